The molecule has 12 heteroatoms. The van der Waals surface area contributed by atoms with Crippen LogP contribution in [-0.2, 0) is 19.4 Å². The van der Waals surface area contributed by atoms with Gasteiger partial charge >= 0.3 is 0 Å². The van der Waals surface area contributed by atoms with Gasteiger partial charge in [0.2, 0.25) is 5.91 Å². The van der Waals surface area contributed by atoms with E-state index in [0.717, 1.165) is 11.2 Å². The van der Waals surface area contributed by atoms with Crippen LogP contribution in [0, 0.1) is 0 Å². The minimum atomic E-state index is -3.66. The molecule has 1 aliphatic heterocycles. The molecular weight excluding hydrogens is 466 g/mol. The van der Waals surface area contributed by atoms with Crippen molar-refractivity contribution in [1.82, 2.24) is 9.88 Å². The molecule has 34 heavy (non-hydrogen) atoms. The maximum absolute atomic E-state index is 13.4. The number of amides is 3. The number of ether oxygens (including phenoxy) is 3. The van der Waals surface area contributed by atoms with Gasteiger partial charge in [-0.15, -0.1) is 0 Å². The fraction of sp³-hybridized carbons (Fsp3) is 0.364. The number of benzene rings is 1. The zero-order valence-corrected chi connectivity index (χ0v) is 20.0. The quantitative estimate of drug-likeness (QED) is 0.489. The molecule has 182 valence electrons. The maximum Gasteiger partial charge on any atom is 0.264 e. The van der Waals surface area contributed by atoms with Crippen molar-refractivity contribution in [2.75, 3.05) is 44.8 Å². The fourth-order valence-corrected chi connectivity index (χ4v) is 4.50. The Bertz CT molecular complexity index is 1230. The SMILES string of the molecule is CCOc1nc([C@@H](CS(C)(=O)=O)N2C(=O)c3cccc(NC(=O)COC)c3C2=O)ccc1OC. The Morgan fingerprint density at radius 1 is 1.15 bits per heavy atom. The van der Waals surface area contributed by atoms with Crippen molar-refractivity contribution in [3.05, 3.63) is 47.2 Å². The molecule has 0 fully saturated rings. The molecule has 3 rings (SSSR count). The topological polar surface area (TPSA) is 141 Å². The number of aromatic nitrogens is 1. The average Bonchev–Trinajstić information content (AvgIpc) is 3.03. The van der Waals surface area contributed by atoms with Crippen molar-refractivity contribution in [1.29, 1.82) is 0 Å². The predicted molar refractivity (Wildman–Crippen MR) is 122 cm³/mol. The zero-order chi connectivity index (χ0) is 25.0. The van der Waals surface area contributed by atoms with Crippen LogP contribution in [0.1, 0.15) is 39.4 Å². The number of hydrogen-bond donors (Lipinski definition) is 1. The summed E-state index contributed by atoms with van der Waals surface area (Å²) in [7, 11) is -0.891. The number of nitrogens with one attached hydrogen (secondary N) is 1. The lowest BCUT2D eigenvalue weighted by atomic mass is 10.1. The van der Waals surface area contributed by atoms with Crippen LogP contribution in [0.15, 0.2) is 30.3 Å². The van der Waals surface area contributed by atoms with E-state index < -0.39 is 39.4 Å². The molecule has 11 nitrogen and oxygen atoms in total. The first-order valence-electron chi connectivity index (χ1n) is 10.3. The van der Waals surface area contributed by atoms with Crippen LogP contribution < -0.4 is 14.8 Å². The standard InChI is InChI=1S/C22H25N3O8S/c1-5-33-20-17(32-3)10-9-14(24-20)16(12-34(4,29)30)25-21(27)13-7-6-8-15(19(13)22(25)28)23-18(26)11-31-2/h6-10,16H,5,11-12H2,1-4H3,(H,23,26)/t16-/m1/s1. The first-order chi connectivity index (χ1) is 16.1. The monoisotopic (exact) mass is 491 g/mol. The van der Waals surface area contributed by atoms with E-state index in [1.165, 1.54) is 44.6 Å². The highest BCUT2D eigenvalue weighted by Gasteiger charge is 2.44. The molecule has 2 aromatic rings. The molecule has 1 aliphatic rings. The minimum Gasteiger partial charge on any atom is -0.491 e. The first-order valence-corrected chi connectivity index (χ1v) is 12.3. The highest BCUT2D eigenvalue weighted by Crippen LogP contribution is 2.37. The van der Waals surface area contributed by atoms with Gasteiger partial charge in [-0.25, -0.2) is 13.4 Å². The second-order valence-electron chi connectivity index (χ2n) is 7.47. The third kappa shape index (κ3) is 5.18. The zero-order valence-electron chi connectivity index (χ0n) is 19.2. The van der Waals surface area contributed by atoms with E-state index in [-0.39, 0.29) is 41.6 Å². The molecule has 0 saturated carbocycles. The third-order valence-electron chi connectivity index (χ3n) is 4.96. The molecule has 1 atom stereocenters. The average molecular weight is 492 g/mol. The van der Waals surface area contributed by atoms with Gasteiger partial charge in [-0.1, -0.05) is 6.07 Å². The lowest BCUT2D eigenvalue weighted by molar-refractivity contribution is -0.119. The number of carbonyl (C=O) groups excluding carboxylic acids is 3. The summed E-state index contributed by atoms with van der Waals surface area (Å²) in [4.78, 5) is 44.0. The van der Waals surface area contributed by atoms with Crippen LogP contribution in [0.2, 0.25) is 0 Å². The van der Waals surface area contributed by atoms with Gasteiger partial charge < -0.3 is 19.5 Å². The summed E-state index contributed by atoms with van der Waals surface area (Å²) in [6.45, 7) is 1.76. The number of fused-ring (bicyclic) bond motifs is 1. The highest BCUT2D eigenvalue weighted by atomic mass is 32.2. The summed E-state index contributed by atoms with van der Waals surface area (Å²) in [5.41, 5.74) is 0.261. The Labute approximate surface area is 196 Å². The molecule has 3 amide bonds. The number of carbonyl (C=O) groups is 3. The molecule has 1 N–H and O–H groups in total. The van der Waals surface area contributed by atoms with E-state index in [0.29, 0.717) is 5.75 Å². The lowest BCUT2D eigenvalue weighted by Crippen LogP contribution is -2.38. The van der Waals surface area contributed by atoms with Gasteiger partial charge in [0, 0.05) is 13.4 Å². The van der Waals surface area contributed by atoms with Gasteiger partial charge in [0.05, 0.1) is 48.0 Å². The molecule has 0 bridgehead atoms. The van der Waals surface area contributed by atoms with Gasteiger partial charge in [-0.3, -0.25) is 19.3 Å². The fourth-order valence-electron chi connectivity index (χ4n) is 3.61. The maximum atomic E-state index is 13.4. The Balaban J connectivity index is 2.09. The molecule has 1 aromatic heterocycles. The summed E-state index contributed by atoms with van der Waals surface area (Å²) in [5, 5.41) is 2.55. The highest BCUT2D eigenvalue weighted by molar-refractivity contribution is 7.90. The molecule has 0 aliphatic carbocycles. The largest absolute Gasteiger partial charge is 0.491 e. The Morgan fingerprint density at radius 3 is 2.50 bits per heavy atom. The minimum absolute atomic E-state index is 0.0333. The molecule has 0 radical (unpaired) electrons. The molecular formula is C22H25N3O8S. The van der Waals surface area contributed by atoms with Crippen LogP contribution >= 0.6 is 0 Å². The van der Waals surface area contributed by atoms with Crippen molar-refractivity contribution < 1.29 is 37.0 Å². The van der Waals surface area contributed by atoms with E-state index >= 15 is 0 Å². The van der Waals surface area contributed by atoms with Gasteiger partial charge in [-0.2, -0.15) is 0 Å². The normalized spacial score (nSPS) is 14.1. The number of sulfone groups is 1. The Hall–Kier alpha value is -3.51. The van der Waals surface area contributed by atoms with E-state index in [9.17, 15) is 22.8 Å². The smallest absolute Gasteiger partial charge is 0.264 e. The van der Waals surface area contributed by atoms with E-state index in [1.807, 2.05) is 0 Å². The van der Waals surface area contributed by atoms with E-state index in [4.69, 9.17) is 14.2 Å². The summed E-state index contributed by atoms with van der Waals surface area (Å²) in [5.74, 6) is -2.11. The van der Waals surface area contributed by atoms with Crippen molar-refractivity contribution in [2.24, 2.45) is 0 Å². The summed E-state index contributed by atoms with van der Waals surface area (Å²) >= 11 is 0. The van der Waals surface area contributed by atoms with Gasteiger partial charge in [0.1, 0.15) is 16.4 Å². The number of nitrogens with zero attached hydrogens (tertiary/aromatic N) is 2. The second-order valence-corrected chi connectivity index (χ2v) is 9.66. The first kappa shape index (κ1) is 25.1. The van der Waals surface area contributed by atoms with Crippen LogP contribution in [-0.4, -0.2) is 75.5 Å². The third-order valence-corrected chi connectivity index (χ3v) is 5.88. The lowest BCUT2D eigenvalue weighted by Gasteiger charge is -2.26. The van der Waals surface area contributed by atoms with Gasteiger partial charge in [-0.05, 0) is 31.2 Å². The molecule has 0 saturated heterocycles. The van der Waals surface area contributed by atoms with Crippen molar-refractivity contribution in [3.8, 4) is 11.6 Å². The molecule has 0 unspecified atom stereocenters. The number of methoxy groups -OCH3 is 2. The summed E-state index contributed by atoms with van der Waals surface area (Å²) in [6, 6.07) is 6.19. The number of anilines is 1. The van der Waals surface area contributed by atoms with Crippen molar-refractivity contribution in [3.63, 3.8) is 0 Å². The van der Waals surface area contributed by atoms with Crippen LogP contribution in [0.5, 0.6) is 11.6 Å². The van der Waals surface area contributed by atoms with Crippen molar-refractivity contribution >= 4 is 33.2 Å². The van der Waals surface area contributed by atoms with Crippen LogP contribution in [0.25, 0.3) is 0 Å². The number of hydrogen-bond acceptors (Lipinski definition) is 9. The predicted octanol–water partition coefficient (Wildman–Crippen LogP) is 1.46. The van der Waals surface area contributed by atoms with Gasteiger partial charge in [0.15, 0.2) is 5.75 Å². The number of imide groups is 1. The van der Waals surface area contributed by atoms with E-state index in [1.54, 1.807) is 6.92 Å². The summed E-state index contributed by atoms with van der Waals surface area (Å²) < 4.78 is 40.0. The van der Waals surface area contributed by atoms with Crippen molar-refractivity contribution in [2.45, 2.75) is 13.0 Å². The Kier molecular flexibility index (Phi) is 7.52. The molecule has 1 aromatic carbocycles. The summed E-state index contributed by atoms with van der Waals surface area (Å²) in [6.07, 6.45) is 1.00. The van der Waals surface area contributed by atoms with Crippen LogP contribution in [0.3, 0.4) is 0 Å². The van der Waals surface area contributed by atoms with Crippen LogP contribution in [0.4, 0.5) is 5.69 Å². The van der Waals surface area contributed by atoms with E-state index in [2.05, 4.69) is 10.3 Å². The second kappa shape index (κ2) is 10.2. The molecule has 0 spiro atoms. The molecule has 2 heterocycles. The van der Waals surface area contributed by atoms with Gasteiger partial charge in [0.25, 0.3) is 17.7 Å². The Morgan fingerprint density at radius 2 is 1.88 bits per heavy atom. The number of pyridine rings is 1. The number of rotatable bonds is 10.